The second kappa shape index (κ2) is 6.01. The number of Topliss-reactive ketones (excluding diaryl/α,β-unsaturated/α-hetero) is 3. The van der Waals surface area contributed by atoms with Gasteiger partial charge < -0.3 is 0 Å². The van der Waals surface area contributed by atoms with E-state index in [1.54, 1.807) is 0 Å². The summed E-state index contributed by atoms with van der Waals surface area (Å²) in [6.45, 7) is 8.97. The molecule has 0 heterocycles. The fourth-order valence-corrected chi connectivity index (χ4v) is 7.67. The average Bonchev–Trinajstić information content (AvgIpc) is 2.95. The summed E-state index contributed by atoms with van der Waals surface area (Å²) in [7, 11) is 0. The first kappa shape index (κ1) is 18.4. The average molecular weight is 359 g/mol. The molecule has 0 radical (unpaired) electrons. The SMILES string of the molecule is CCC(C)[C@H]1CC[C@H]2[C@@H]3C(=O)C[C@@H]4CC(=O)CC[C@]4(C)[C@H]3CC(=O)[C@]12C. The second-order valence-corrected chi connectivity index (χ2v) is 10.3. The van der Waals surface area contributed by atoms with Crippen LogP contribution in [0.15, 0.2) is 0 Å². The Morgan fingerprint density at radius 3 is 2.46 bits per heavy atom. The maximum Gasteiger partial charge on any atom is 0.139 e. The Balaban J connectivity index is 1.72. The monoisotopic (exact) mass is 358 g/mol. The van der Waals surface area contributed by atoms with Gasteiger partial charge in [0.2, 0.25) is 0 Å². The third kappa shape index (κ3) is 2.27. The lowest BCUT2D eigenvalue weighted by Crippen LogP contribution is -2.60. The summed E-state index contributed by atoms with van der Waals surface area (Å²) in [6.07, 6.45) is 6.42. The van der Waals surface area contributed by atoms with Crippen molar-refractivity contribution in [2.45, 2.75) is 79.1 Å². The van der Waals surface area contributed by atoms with Gasteiger partial charge >= 0.3 is 0 Å². The standard InChI is InChI=1S/C23H34O3/c1-5-13(2)16-6-7-17-21-18(12-20(26)23(16,17)4)22(3)9-8-15(24)10-14(22)11-19(21)25/h13-14,16-18,21H,5-12H2,1-4H3/t13?,14-,16+,17-,18-,21-,22-,23+/m0/s1. The van der Waals surface area contributed by atoms with Crippen molar-refractivity contribution < 1.29 is 14.4 Å². The fourth-order valence-electron chi connectivity index (χ4n) is 7.67. The Labute approximate surface area is 157 Å². The first-order valence-electron chi connectivity index (χ1n) is 10.8. The van der Waals surface area contributed by atoms with E-state index in [0.29, 0.717) is 54.9 Å². The Bertz CT molecular complexity index is 652. The molecule has 4 rings (SSSR count). The minimum absolute atomic E-state index is 0.00205. The van der Waals surface area contributed by atoms with Crippen LogP contribution in [0.2, 0.25) is 0 Å². The molecule has 3 heteroatoms. The fraction of sp³-hybridized carbons (Fsp3) is 0.870. The van der Waals surface area contributed by atoms with Crippen LogP contribution in [0.5, 0.6) is 0 Å². The number of fused-ring (bicyclic) bond motifs is 5. The quantitative estimate of drug-likeness (QED) is 0.724. The molecule has 0 aliphatic heterocycles. The molecular weight excluding hydrogens is 324 g/mol. The van der Waals surface area contributed by atoms with E-state index in [0.717, 1.165) is 25.7 Å². The summed E-state index contributed by atoms with van der Waals surface area (Å²) in [5, 5.41) is 0. The van der Waals surface area contributed by atoms with E-state index in [4.69, 9.17) is 0 Å². The summed E-state index contributed by atoms with van der Waals surface area (Å²) in [5.74, 6) is 2.68. The normalized spacial score (nSPS) is 49.4. The molecule has 0 aromatic heterocycles. The Hall–Kier alpha value is -0.990. The molecule has 4 aliphatic carbocycles. The van der Waals surface area contributed by atoms with Crippen LogP contribution in [0.3, 0.4) is 0 Å². The van der Waals surface area contributed by atoms with Gasteiger partial charge in [0.25, 0.3) is 0 Å². The zero-order chi connectivity index (χ0) is 18.9. The Morgan fingerprint density at radius 1 is 1.04 bits per heavy atom. The highest BCUT2D eigenvalue weighted by Gasteiger charge is 2.66. The lowest BCUT2D eigenvalue weighted by atomic mass is 9.44. The van der Waals surface area contributed by atoms with Gasteiger partial charge in [-0.2, -0.15) is 0 Å². The van der Waals surface area contributed by atoms with E-state index in [-0.39, 0.29) is 34.5 Å². The van der Waals surface area contributed by atoms with Crippen molar-refractivity contribution in [3.63, 3.8) is 0 Å². The highest BCUT2D eigenvalue weighted by Crippen LogP contribution is 2.66. The zero-order valence-corrected chi connectivity index (χ0v) is 16.8. The Kier molecular flexibility index (Phi) is 4.24. The molecule has 0 amide bonds. The molecule has 4 saturated carbocycles. The maximum absolute atomic E-state index is 13.5. The number of hydrogen-bond acceptors (Lipinski definition) is 3. The van der Waals surface area contributed by atoms with Crippen LogP contribution in [0.1, 0.15) is 79.1 Å². The van der Waals surface area contributed by atoms with Gasteiger partial charge in [-0.15, -0.1) is 0 Å². The predicted octanol–water partition coefficient (Wildman–Crippen LogP) is 4.62. The minimum Gasteiger partial charge on any atom is -0.300 e. The van der Waals surface area contributed by atoms with Crippen molar-refractivity contribution in [3.05, 3.63) is 0 Å². The van der Waals surface area contributed by atoms with Crippen molar-refractivity contribution in [1.82, 2.24) is 0 Å². The number of carbonyl (C=O) groups excluding carboxylic acids is 3. The Morgan fingerprint density at radius 2 is 1.77 bits per heavy atom. The predicted molar refractivity (Wildman–Crippen MR) is 100 cm³/mol. The highest BCUT2D eigenvalue weighted by molar-refractivity contribution is 5.93. The lowest BCUT2D eigenvalue weighted by molar-refractivity contribution is -0.166. The van der Waals surface area contributed by atoms with Crippen molar-refractivity contribution in [3.8, 4) is 0 Å². The smallest absolute Gasteiger partial charge is 0.139 e. The van der Waals surface area contributed by atoms with E-state index in [2.05, 4.69) is 27.7 Å². The van der Waals surface area contributed by atoms with E-state index in [1.165, 1.54) is 0 Å². The summed E-state index contributed by atoms with van der Waals surface area (Å²) < 4.78 is 0. The van der Waals surface area contributed by atoms with Gasteiger partial charge in [-0.05, 0) is 54.3 Å². The van der Waals surface area contributed by atoms with E-state index < -0.39 is 0 Å². The molecule has 8 atom stereocenters. The van der Waals surface area contributed by atoms with Crippen LogP contribution >= 0.6 is 0 Å². The summed E-state index contributed by atoms with van der Waals surface area (Å²) in [4.78, 5) is 38.7. The first-order valence-corrected chi connectivity index (χ1v) is 10.8. The topological polar surface area (TPSA) is 51.2 Å². The summed E-state index contributed by atoms with van der Waals surface area (Å²) in [6, 6.07) is 0. The van der Waals surface area contributed by atoms with Crippen LogP contribution in [-0.2, 0) is 14.4 Å². The van der Waals surface area contributed by atoms with Gasteiger partial charge in [0.15, 0.2) is 0 Å². The van der Waals surface area contributed by atoms with Crippen LogP contribution in [0, 0.1) is 46.3 Å². The van der Waals surface area contributed by atoms with Crippen LogP contribution < -0.4 is 0 Å². The van der Waals surface area contributed by atoms with Gasteiger partial charge in [-0.3, -0.25) is 14.4 Å². The van der Waals surface area contributed by atoms with Gasteiger partial charge in [0.1, 0.15) is 17.3 Å². The molecule has 0 saturated heterocycles. The molecule has 1 unspecified atom stereocenters. The molecule has 26 heavy (non-hydrogen) atoms. The number of carbonyl (C=O) groups is 3. The van der Waals surface area contributed by atoms with E-state index in [1.807, 2.05) is 0 Å². The second-order valence-electron chi connectivity index (χ2n) is 10.3. The van der Waals surface area contributed by atoms with Gasteiger partial charge in [0, 0.05) is 37.0 Å². The molecule has 0 aromatic carbocycles. The first-order chi connectivity index (χ1) is 12.2. The number of ketones is 3. The van der Waals surface area contributed by atoms with E-state index in [9.17, 15) is 14.4 Å². The molecule has 0 bridgehead atoms. The number of hydrogen-bond donors (Lipinski definition) is 0. The largest absolute Gasteiger partial charge is 0.300 e. The molecule has 4 aliphatic rings. The maximum atomic E-state index is 13.5. The van der Waals surface area contributed by atoms with Crippen LogP contribution in [0.4, 0.5) is 0 Å². The molecular formula is C23H34O3. The summed E-state index contributed by atoms with van der Waals surface area (Å²) in [5.41, 5.74) is -0.308. The van der Waals surface area contributed by atoms with Crippen LogP contribution in [0.25, 0.3) is 0 Å². The highest BCUT2D eigenvalue weighted by atomic mass is 16.1. The van der Waals surface area contributed by atoms with E-state index >= 15 is 0 Å². The van der Waals surface area contributed by atoms with Crippen molar-refractivity contribution in [1.29, 1.82) is 0 Å². The van der Waals surface area contributed by atoms with Gasteiger partial charge in [0.05, 0.1) is 0 Å². The third-order valence-corrected chi connectivity index (χ3v) is 9.55. The van der Waals surface area contributed by atoms with Crippen molar-refractivity contribution in [2.75, 3.05) is 0 Å². The molecule has 3 nitrogen and oxygen atoms in total. The van der Waals surface area contributed by atoms with Crippen molar-refractivity contribution >= 4 is 17.3 Å². The lowest BCUT2D eigenvalue weighted by Gasteiger charge is -2.58. The number of rotatable bonds is 2. The third-order valence-electron chi connectivity index (χ3n) is 9.55. The molecule has 4 fully saturated rings. The summed E-state index contributed by atoms with van der Waals surface area (Å²) >= 11 is 0. The van der Waals surface area contributed by atoms with Gasteiger partial charge in [-0.1, -0.05) is 34.1 Å². The molecule has 0 N–H and O–H groups in total. The molecule has 144 valence electrons. The molecule has 0 aromatic rings. The van der Waals surface area contributed by atoms with Crippen LogP contribution in [-0.4, -0.2) is 17.3 Å². The zero-order valence-electron chi connectivity index (χ0n) is 16.8. The van der Waals surface area contributed by atoms with Crippen molar-refractivity contribution in [2.24, 2.45) is 46.3 Å². The minimum atomic E-state index is -0.306. The van der Waals surface area contributed by atoms with Gasteiger partial charge in [-0.25, -0.2) is 0 Å². The molecule has 0 spiro atoms.